The van der Waals surface area contributed by atoms with Gasteiger partial charge in [-0.15, -0.1) is 0 Å². The van der Waals surface area contributed by atoms with Gasteiger partial charge in [0.15, 0.2) is 0 Å². The van der Waals surface area contributed by atoms with Gasteiger partial charge in [0.2, 0.25) is 0 Å². The number of likely N-dealkylation sites (N-methyl/N-ethyl adjacent to an activating group) is 1. The third-order valence-corrected chi connectivity index (χ3v) is 2.27. The molecule has 0 bridgehead atoms. The molecular weight excluding hydrogens is 200 g/mol. The molecule has 2 nitrogen and oxygen atoms in total. The van der Waals surface area contributed by atoms with E-state index in [-0.39, 0.29) is 5.56 Å². The molecular formula is C11H15F2NO. The fourth-order valence-corrected chi connectivity index (χ4v) is 1.62. The molecule has 0 aliphatic heterocycles. The highest BCUT2D eigenvalue weighted by molar-refractivity contribution is 5.24. The van der Waals surface area contributed by atoms with E-state index in [0.717, 1.165) is 6.07 Å². The second-order valence-electron chi connectivity index (χ2n) is 4.04. The summed E-state index contributed by atoms with van der Waals surface area (Å²) >= 11 is 0. The number of halogens is 2. The summed E-state index contributed by atoms with van der Waals surface area (Å²) in [5, 5.41) is 12.6. The first-order valence-electron chi connectivity index (χ1n) is 4.71. The third kappa shape index (κ3) is 2.73. The van der Waals surface area contributed by atoms with Crippen LogP contribution in [0, 0.1) is 11.6 Å². The molecule has 0 fully saturated rings. The zero-order valence-corrected chi connectivity index (χ0v) is 9.01. The monoisotopic (exact) mass is 215 g/mol. The van der Waals surface area contributed by atoms with Crippen molar-refractivity contribution in [3.8, 4) is 0 Å². The predicted molar refractivity (Wildman–Crippen MR) is 54.5 cm³/mol. The van der Waals surface area contributed by atoms with E-state index in [0.29, 0.717) is 0 Å². The van der Waals surface area contributed by atoms with Crippen LogP contribution >= 0.6 is 0 Å². The van der Waals surface area contributed by atoms with Crippen molar-refractivity contribution in [3.05, 3.63) is 35.4 Å². The van der Waals surface area contributed by atoms with Crippen LogP contribution in [0.2, 0.25) is 0 Å². The van der Waals surface area contributed by atoms with E-state index in [1.165, 1.54) is 12.1 Å². The zero-order chi connectivity index (χ0) is 11.6. The smallest absolute Gasteiger partial charge is 0.131 e. The lowest BCUT2D eigenvalue weighted by molar-refractivity contribution is 0.0387. The van der Waals surface area contributed by atoms with Crippen LogP contribution in [0.3, 0.4) is 0 Å². The molecule has 84 valence electrons. The summed E-state index contributed by atoms with van der Waals surface area (Å²) in [5.41, 5.74) is -0.862. The Balaban J connectivity index is 3.13. The Morgan fingerprint density at radius 3 is 2.33 bits per heavy atom. The highest BCUT2D eigenvalue weighted by Gasteiger charge is 2.29. The SMILES string of the molecule is CNC(c1ccc(F)cc1F)C(C)(C)O. The lowest BCUT2D eigenvalue weighted by Crippen LogP contribution is -2.37. The molecule has 0 radical (unpaired) electrons. The van der Waals surface area contributed by atoms with E-state index in [4.69, 9.17) is 0 Å². The molecule has 1 unspecified atom stereocenters. The maximum absolute atomic E-state index is 13.4. The molecule has 1 rings (SSSR count). The first-order chi connectivity index (χ1) is 6.86. The van der Waals surface area contributed by atoms with Crippen molar-refractivity contribution in [2.75, 3.05) is 7.05 Å². The molecule has 0 spiro atoms. The van der Waals surface area contributed by atoms with E-state index in [2.05, 4.69) is 5.32 Å². The summed E-state index contributed by atoms with van der Waals surface area (Å²) in [4.78, 5) is 0. The Morgan fingerprint density at radius 2 is 1.93 bits per heavy atom. The third-order valence-electron chi connectivity index (χ3n) is 2.27. The number of aliphatic hydroxyl groups is 1. The Morgan fingerprint density at radius 1 is 1.33 bits per heavy atom. The van der Waals surface area contributed by atoms with Crippen molar-refractivity contribution in [1.82, 2.24) is 5.32 Å². The quantitative estimate of drug-likeness (QED) is 0.808. The van der Waals surface area contributed by atoms with Gasteiger partial charge in [0.05, 0.1) is 11.6 Å². The summed E-state index contributed by atoms with van der Waals surface area (Å²) in [6, 6.07) is 2.75. The van der Waals surface area contributed by atoms with E-state index in [9.17, 15) is 13.9 Å². The standard InChI is InChI=1S/C11H15F2NO/c1-11(2,15)10(14-3)8-5-4-7(12)6-9(8)13/h4-6,10,14-15H,1-3H3. The minimum atomic E-state index is -1.12. The van der Waals surface area contributed by atoms with Crippen molar-refractivity contribution in [1.29, 1.82) is 0 Å². The summed E-state index contributed by atoms with van der Waals surface area (Å²) < 4.78 is 26.1. The van der Waals surface area contributed by atoms with Crippen molar-refractivity contribution in [2.45, 2.75) is 25.5 Å². The highest BCUT2D eigenvalue weighted by Crippen LogP contribution is 2.27. The molecule has 1 aromatic carbocycles. The second kappa shape index (κ2) is 4.24. The molecule has 2 N–H and O–H groups in total. The average Bonchev–Trinajstić information content (AvgIpc) is 2.07. The lowest BCUT2D eigenvalue weighted by Gasteiger charge is -2.29. The Kier molecular flexibility index (Phi) is 3.42. The second-order valence-corrected chi connectivity index (χ2v) is 4.04. The normalized spacial score (nSPS) is 14.0. The van der Waals surface area contributed by atoms with Gasteiger partial charge in [-0.3, -0.25) is 0 Å². The van der Waals surface area contributed by atoms with Gasteiger partial charge in [0.25, 0.3) is 0 Å². The van der Waals surface area contributed by atoms with Gasteiger partial charge in [0, 0.05) is 11.6 Å². The molecule has 0 saturated heterocycles. The fraction of sp³-hybridized carbons (Fsp3) is 0.455. The van der Waals surface area contributed by atoms with Gasteiger partial charge in [0.1, 0.15) is 11.6 Å². The van der Waals surface area contributed by atoms with Crippen molar-refractivity contribution in [3.63, 3.8) is 0 Å². The van der Waals surface area contributed by atoms with E-state index < -0.39 is 23.3 Å². The predicted octanol–water partition coefficient (Wildman–Crippen LogP) is 2.00. The van der Waals surface area contributed by atoms with Crippen LogP contribution in [0.15, 0.2) is 18.2 Å². The molecule has 1 atom stereocenters. The van der Waals surface area contributed by atoms with Crippen LogP contribution in [-0.4, -0.2) is 17.8 Å². The van der Waals surface area contributed by atoms with Gasteiger partial charge in [-0.25, -0.2) is 8.78 Å². The Labute approximate surface area is 87.9 Å². The first-order valence-corrected chi connectivity index (χ1v) is 4.71. The average molecular weight is 215 g/mol. The molecule has 0 saturated carbocycles. The van der Waals surface area contributed by atoms with E-state index in [1.807, 2.05) is 0 Å². The number of rotatable bonds is 3. The molecule has 0 heterocycles. The van der Waals surface area contributed by atoms with Crippen LogP contribution in [0.4, 0.5) is 8.78 Å². The highest BCUT2D eigenvalue weighted by atomic mass is 19.1. The van der Waals surface area contributed by atoms with Crippen LogP contribution in [-0.2, 0) is 0 Å². The van der Waals surface area contributed by atoms with Gasteiger partial charge < -0.3 is 10.4 Å². The number of benzene rings is 1. The van der Waals surface area contributed by atoms with Gasteiger partial charge in [-0.1, -0.05) is 6.07 Å². The number of hydrogen-bond acceptors (Lipinski definition) is 2. The Hall–Kier alpha value is -1.00. The molecule has 1 aromatic rings. The largest absolute Gasteiger partial charge is 0.388 e. The van der Waals surface area contributed by atoms with Crippen LogP contribution in [0.1, 0.15) is 25.5 Å². The summed E-state index contributed by atoms with van der Waals surface area (Å²) in [5.74, 6) is -1.28. The minimum Gasteiger partial charge on any atom is -0.388 e. The number of hydrogen-bond donors (Lipinski definition) is 2. The Bertz CT molecular complexity index is 347. The maximum atomic E-state index is 13.4. The number of nitrogens with one attached hydrogen (secondary N) is 1. The first kappa shape index (κ1) is 12.1. The molecule has 0 aromatic heterocycles. The topological polar surface area (TPSA) is 32.3 Å². The van der Waals surface area contributed by atoms with Gasteiger partial charge in [-0.05, 0) is 27.0 Å². The summed E-state index contributed by atoms with van der Waals surface area (Å²) in [7, 11) is 1.62. The van der Waals surface area contributed by atoms with Crippen molar-refractivity contribution < 1.29 is 13.9 Å². The van der Waals surface area contributed by atoms with E-state index >= 15 is 0 Å². The molecule has 0 aliphatic rings. The fourth-order valence-electron chi connectivity index (χ4n) is 1.62. The van der Waals surface area contributed by atoms with Crippen LogP contribution < -0.4 is 5.32 Å². The summed E-state index contributed by atoms with van der Waals surface area (Å²) in [6.07, 6.45) is 0. The lowest BCUT2D eigenvalue weighted by atomic mass is 9.91. The maximum Gasteiger partial charge on any atom is 0.131 e. The summed E-state index contributed by atoms with van der Waals surface area (Å²) in [6.45, 7) is 3.13. The molecule has 0 aliphatic carbocycles. The van der Waals surface area contributed by atoms with Gasteiger partial charge in [-0.2, -0.15) is 0 Å². The molecule has 15 heavy (non-hydrogen) atoms. The van der Waals surface area contributed by atoms with Crippen molar-refractivity contribution >= 4 is 0 Å². The van der Waals surface area contributed by atoms with Crippen molar-refractivity contribution in [2.24, 2.45) is 0 Å². The van der Waals surface area contributed by atoms with Gasteiger partial charge >= 0.3 is 0 Å². The van der Waals surface area contributed by atoms with E-state index in [1.54, 1.807) is 20.9 Å². The zero-order valence-electron chi connectivity index (χ0n) is 9.01. The molecule has 4 heteroatoms. The minimum absolute atomic E-state index is 0.256. The van der Waals surface area contributed by atoms with Crippen LogP contribution in [0.5, 0.6) is 0 Å². The molecule has 0 amide bonds. The van der Waals surface area contributed by atoms with Crippen LogP contribution in [0.25, 0.3) is 0 Å².